The van der Waals surface area contributed by atoms with Crippen LogP contribution in [0.1, 0.15) is 31.5 Å². The lowest BCUT2D eigenvalue weighted by molar-refractivity contribution is -0.133. The highest BCUT2D eigenvalue weighted by Crippen LogP contribution is 2.26. The van der Waals surface area contributed by atoms with Crippen LogP contribution in [-0.4, -0.2) is 53.7 Å². The molecule has 0 aliphatic carbocycles. The second-order valence-corrected chi connectivity index (χ2v) is 6.37. The van der Waals surface area contributed by atoms with Crippen LogP contribution in [0.4, 0.5) is 0 Å². The molecule has 3 aromatic rings. The highest BCUT2D eigenvalue weighted by molar-refractivity contribution is 5.79. The van der Waals surface area contributed by atoms with Gasteiger partial charge in [0.05, 0.1) is 5.52 Å². The number of fused-ring (bicyclic) bond motifs is 1. The van der Waals surface area contributed by atoms with Crippen molar-refractivity contribution in [3.8, 4) is 0 Å². The molecule has 0 atom stereocenters. The van der Waals surface area contributed by atoms with E-state index in [1.54, 1.807) is 11.0 Å². The maximum Gasteiger partial charge on any atom is 0.244 e. The Morgan fingerprint density at radius 3 is 2.80 bits per heavy atom. The number of rotatable bonds is 4. The average molecular weight is 339 g/mol. The Morgan fingerprint density at radius 2 is 2.00 bits per heavy atom. The van der Waals surface area contributed by atoms with Crippen molar-refractivity contribution in [3.05, 3.63) is 36.4 Å². The van der Waals surface area contributed by atoms with Crippen LogP contribution in [0.15, 0.2) is 30.6 Å². The summed E-state index contributed by atoms with van der Waals surface area (Å²) in [5.74, 6) is 1.50. The Hall–Kier alpha value is -2.77. The third kappa shape index (κ3) is 2.99. The number of piperidine rings is 1. The molecule has 25 heavy (non-hydrogen) atoms. The van der Waals surface area contributed by atoms with Crippen molar-refractivity contribution in [1.29, 1.82) is 0 Å². The molecule has 130 valence electrons. The first-order valence-corrected chi connectivity index (χ1v) is 8.70. The summed E-state index contributed by atoms with van der Waals surface area (Å²) in [7, 11) is 0. The van der Waals surface area contributed by atoms with Crippen LogP contribution in [0.5, 0.6) is 0 Å². The maximum atomic E-state index is 12.6. The highest BCUT2D eigenvalue weighted by Gasteiger charge is 2.27. The summed E-state index contributed by atoms with van der Waals surface area (Å²) < 4.78 is 3.77. The molecule has 8 heteroatoms. The number of aryl methyl sites for hydroxylation is 1. The van der Waals surface area contributed by atoms with Gasteiger partial charge in [0, 0.05) is 25.6 Å². The van der Waals surface area contributed by atoms with Gasteiger partial charge in [-0.05, 0) is 31.9 Å². The van der Waals surface area contributed by atoms with E-state index in [1.165, 1.54) is 0 Å². The lowest BCUT2D eigenvalue weighted by Crippen LogP contribution is -2.40. The van der Waals surface area contributed by atoms with E-state index in [4.69, 9.17) is 0 Å². The first-order chi connectivity index (χ1) is 12.3. The fourth-order valence-corrected chi connectivity index (χ4v) is 3.47. The Kier molecular flexibility index (Phi) is 4.17. The van der Waals surface area contributed by atoms with Crippen molar-refractivity contribution >= 4 is 16.9 Å². The van der Waals surface area contributed by atoms with E-state index in [0.717, 1.165) is 49.3 Å². The van der Waals surface area contributed by atoms with Crippen LogP contribution in [-0.2, 0) is 17.9 Å². The number of benzene rings is 1. The third-order valence-corrected chi connectivity index (χ3v) is 4.90. The van der Waals surface area contributed by atoms with Gasteiger partial charge >= 0.3 is 0 Å². The Morgan fingerprint density at radius 1 is 1.20 bits per heavy atom. The summed E-state index contributed by atoms with van der Waals surface area (Å²) in [5.41, 5.74) is 1.70. The van der Waals surface area contributed by atoms with Gasteiger partial charge < -0.3 is 9.47 Å². The molecular weight excluding hydrogens is 318 g/mol. The highest BCUT2D eigenvalue weighted by atomic mass is 16.2. The van der Waals surface area contributed by atoms with Crippen molar-refractivity contribution in [2.75, 3.05) is 13.1 Å². The zero-order valence-electron chi connectivity index (χ0n) is 14.2. The maximum absolute atomic E-state index is 12.6. The zero-order chi connectivity index (χ0) is 17.2. The molecular formula is C17H21N7O. The average Bonchev–Trinajstić information content (AvgIpc) is 3.29. The molecule has 0 unspecified atom stereocenters. The number of hydrogen-bond donors (Lipinski definition) is 0. The number of aromatic nitrogens is 6. The molecule has 1 aliphatic heterocycles. The second-order valence-electron chi connectivity index (χ2n) is 6.37. The Bertz CT molecular complexity index is 876. The summed E-state index contributed by atoms with van der Waals surface area (Å²) in [5, 5.41) is 16.5. The van der Waals surface area contributed by atoms with Gasteiger partial charge in [-0.25, -0.2) is 4.68 Å². The molecule has 0 spiro atoms. The monoisotopic (exact) mass is 339 g/mol. The molecule has 4 rings (SSSR count). The molecule has 2 aromatic heterocycles. The van der Waals surface area contributed by atoms with Crippen molar-refractivity contribution < 1.29 is 4.79 Å². The number of amides is 1. The number of carbonyl (C=O) groups is 1. The van der Waals surface area contributed by atoms with Crippen molar-refractivity contribution in [2.24, 2.45) is 0 Å². The fourth-order valence-electron chi connectivity index (χ4n) is 3.47. The summed E-state index contributed by atoms with van der Waals surface area (Å²) >= 11 is 0. The first kappa shape index (κ1) is 15.7. The molecule has 1 amide bonds. The molecule has 0 radical (unpaired) electrons. The minimum atomic E-state index is 0.0889. The van der Waals surface area contributed by atoms with E-state index in [2.05, 4.69) is 32.0 Å². The first-order valence-electron chi connectivity index (χ1n) is 8.70. The summed E-state index contributed by atoms with van der Waals surface area (Å²) in [6, 6.07) is 7.69. The topological polar surface area (TPSA) is 81.7 Å². The second kappa shape index (κ2) is 6.62. The van der Waals surface area contributed by atoms with Gasteiger partial charge in [0.15, 0.2) is 0 Å². The Labute approximate surface area is 145 Å². The van der Waals surface area contributed by atoms with Gasteiger partial charge in [-0.2, -0.15) is 0 Å². The van der Waals surface area contributed by atoms with Crippen LogP contribution in [0.25, 0.3) is 11.0 Å². The molecule has 0 saturated carbocycles. The molecule has 3 heterocycles. The minimum absolute atomic E-state index is 0.0889. The van der Waals surface area contributed by atoms with Crippen molar-refractivity contribution in [1.82, 2.24) is 34.7 Å². The third-order valence-electron chi connectivity index (χ3n) is 4.90. The van der Waals surface area contributed by atoms with Gasteiger partial charge in [0.1, 0.15) is 24.2 Å². The largest absolute Gasteiger partial charge is 0.341 e. The van der Waals surface area contributed by atoms with Crippen molar-refractivity contribution in [3.63, 3.8) is 0 Å². The lowest BCUT2D eigenvalue weighted by Gasteiger charge is -2.31. The van der Waals surface area contributed by atoms with E-state index in [0.29, 0.717) is 5.92 Å². The van der Waals surface area contributed by atoms with Gasteiger partial charge in [-0.1, -0.05) is 17.3 Å². The smallest absolute Gasteiger partial charge is 0.244 e. The molecule has 1 saturated heterocycles. The number of carbonyl (C=O) groups excluding carboxylic acids is 1. The summed E-state index contributed by atoms with van der Waals surface area (Å²) in [6.45, 7) is 4.69. The van der Waals surface area contributed by atoms with Gasteiger partial charge in [-0.3, -0.25) is 4.79 Å². The fraction of sp³-hybridized carbons (Fsp3) is 0.471. The molecule has 1 aliphatic rings. The Balaban J connectivity index is 1.40. The number of nitrogens with zero attached hydrogens (tertiary/aromatic N) is 7. The van der Waals surface area contributed by atoms with Crippen molar-refractivity contribution in [2.45, 2.75) is 38.8 Å². The quantitative estimate of drug-likeness (QED) is 0.718. The SMILES string of the molecule is CCn1cnnc1C1CCN(C(=O)Cn2nnc3ccccc32)CC1. The van der Waals surface area contributed by atoms with E-state index >= 15 is 0 Å². The normalized spacial score (nSPS) is 15.8. The van der Waals surface area contributed by atoms with Crippen LogP contribution in [0.2, 0.25) is 0 Å². The summed E-state index contributed by atoms with van der Waals surface area (Å²) in [4.78, 5) is 14.5. The van der Waals surface area contributed by atoms with E-state index < -0.39 is 0 Å². The van der Waals surface area contributed by atoms with E-state index in [-0.39, 0.29) is 12.5 Å². The van der Waals surface area contributed by atoms with Gasteiger partial charge in [-0.15, -0.1) is 15.3 Å². The van der Waals surface area contributed by atoms with E-state index in [1.807, 2.05) is 29.2 Å². The van der Waals surface area contributed by atoms with Crippen LogP contribution in [0, 0.1) is 0 Å². The number of likely N-dealkylation sites (tertiary alicyclic amines) is 1. The van der Waals surface area contributed by atoms with E-state index in [9.17, 15) is 4.79 Å². The molecule has 0 N–H and O–H groups in total. The molecule has 1 aromatic carbocycles. The molecule has 8 nitrogen and oxygen atoms in total. The molecule has 1 fully saturated rings. The lowest BCUT2D eigenvalue weighted by atomic mass is 9.96. The van der Waals surface area contributed by atoms with Gasteiger partial charge in [0.2, 0.25) is 5.91 Å². The van der Waals surface area contributed by atoms with Crippen LogP contribution in [0.3, 0.4) is 0 Å². The predicted octanol–water partition coefficient (Wildman–Crippen LogP) is 1.45. The number of para-hydroxylation sites is 1. The standard InChI is InChI=1S/C17H21N7O/c1-2-22-12-18-20-17(22)13-7-9-23(10-8-13)16(25)11-24-15-6-4-3-5-14(15)19-21-24/h3-6,12-13H,2,7-11H2,1H3. The predicted molar refractivity (Wildman–Crippen MR) is 91.8 cm³/mol. The minimum Gasteiger partial charge on any atom is -0.341 e. The van der Waals surface area contributed by atoms with Crippen LogP contribution < -0.4 is 0 Å². The molecule has 0 bridgehead atoms. The van der Waals surface area contributed by atoms with Crippen LogP contribution >= 0.6 is 0 Å². The summed E-state index contributed by atoms with van der Waals surface area (Å²) in [6.07, 6.45) is 3.62. The zero-order valence-corrected chi connectivity index (χ0v) is 14.2. The number of hydrogen-bond acceptors (Lipinski definition) is 5. The van der Waals surface area contributed by atoms with Gasteiger partial charge in [0.25, 0.3) is 0 Å².